The molecule has 0 amide bonds. The van der Waals surface area contributed by atoms with Gasteiger partial charge in [-0.15, -0.1) is 0 Å². The zero-order chi connectivity index (χ0) is 20.4. The molecule has 30 heavy (non-hydrogen) atoms. The van der Waals surface area contributed by atoms with Crippen molar-refractivity contribution in [3.05, 3.63) is 24.5 Å². The fourth-order valence-electron chi connectivity index (χ4n) is 5.02. The lowest BCUT2D eigenvalue weighted by Gasteiger charge is -2.41. The van der Waals surface area contributed by atoms with Crippen LogP contribution in [0.15, 0.2) is 24.5 Å². The number of benzene rings is 1. The second-order valence-corrected chi connectivity index (χ2v) is 9.05. The van der Waals surface area contributed by atoms with E-state index in [1.807, 2.05) is 0 Å². The van der Waals surface area contributed by atoms with Crippen LogP contribution in [0, 0.1) is 0 Å². The molecule has 3 heterocycles. The molecule has 3 aliphatic rings. The molecule has 7 nitrogen and oxygen atoms in total. The zero-order valence-corrected chi connectivity index (χ0v) is 17.6. The number of rotatable bonds is 5. The molecule has 1 unspecified atom stereocenters. The number of nitrogens with zero attached hydrogens (tertiary/aromatic N) is 4. The Morgan fingerprint density at radius 2 is 1.93 bits per heavy atom. The lowest BCUT2D eigenvalue weighted by Crippen LogP contribution is -2.54. The van der Waals surface area contributed by atoms with Crippen molar-refractivity contribution in [2.75, 3.05) is 50.8 Å². The maximum absolute atomic E-state index is 10.8. The number of ether oxygens (including phenoxy) is 2. The first-order valence-corrected chi connectivity index (χ1v) is 11.4. The van der Waals surface area contributed by atoms with E-state index in [1.54, 1.807) is 6.33 Å². The number of aromatic nitrogens is 2. The number of aliphatic hydroxyl groups is 1. The molecule has 1 saturated carbocycles. The molecule has 5 rings (SSSR count). The maximum Gasteiger partial charge on any atom is 0.224 e. The van der Waals surface area contributed by atoms with Crippen molar-refractivity contribution >= 4 is 16.6 Å². The number of β-amino-alcohol motifs (C(OH)–C–C–N with tert-alkyl or cyclic N) is 1. The van der Waals surface area contributed by atoms with Crippen LogP contribution >= 0.6 is 0 Å². The quantitative estimate of drug-likeness (QED) is 0.809. The molecule has 1 atom stereocenters. The third kappa shape index (κ3) is 4.38. The van der Waals surface area contributed by atoms with E-state index in [-0.39, 0.29) is 6.10 Å². The van der Waals surface area contributed by atoms with Gasteiger partial charge >= 0.3 is 0 Å². The highest BCUT2D eigenvalue weighted by Gasteiger charge is 2.33. The number of hydrogen-bond acceptors (Lipinski definition) is 7. The molecule has 3 fully saturated rings. The highest BCUT2D eigenvalue weighted by molar-refractivity contribution is 5.86. The minimum absolute atomic E-state index is 0.282. The second-order valence-electron chi connectivity index (χ2n) is 9.05. The van der Waals surface area contributed by atoms with Crippen LogP contribution < -0.4 is 9.64 Å². The molecular weight excluding hydrogens is 380 g/mol. The third-order valence-electron chi connectivity index (χ3n) is 6.72. The average molecular weight is 413 g/mol. The van der Waals surface area contributed by atoms with Gasteiger partial charge < -0.3 is 19.5 Å². The molecule has 1 aromatic carbocycles. The Morgan fingerprint density at radius 1 is 1.10 bits per heavy atom. The van der Waals surface area contributed by atoms with Gasteiger partial charge in [-0.25, -0.2) is 9.97 Å². The first-order chi connectivity index (χ1) is 14.7. The summed E-state index contributed by atoms with van der Waals surface area (Å²) in [6.45, 7) is 5.69. The molecule has 1 N–H and O–H groups in total. The zero-order valence-electron chi connectivity index (χ0n) is 17.6. The van der Waals surface area contributed by atoms with Gasteiger partial charge in [-0.2, -0.15) is 0 Å². The summed E-state index contributed by atoms with van der Waals surface area (Å²) in [6, 6.07) is 6.40. The second kappa shape index (κ2) is 8.65. The van der Waals surface area contributed by atoms with E-state index in [1.165, 1.54) is 18.5 Å². The van der Waals surface area contributed by atoms with Crippen molar-refractivity contribution < 1.29 is 14.6 Å². The van der Waals surface area contributed by atoms with Crippen LogP contribution in [0.25, 0.3) is 10.9 Å². The largest absolute Gasteiger partial charge is 0.474 e. The van der Waals surface area contributed by atoms with E-state index in [9.17, 15) is 5.11 Å². The Labute approximate surface area is 178 Å². The van der Waals surface area contributed by atoms with Crippen molar-refractivity contribution in [2.45, 2.75) is 50.2 Å². The lowest BCUT2D eigenvalue weighted by molar-refractivity contribution is -0.100. The Kier molecular flexibility index (Phi) is 5.76. The highest BCUT2D eigenvalue weighted by atomic mass is 16.5. The van der Waals surface area contributed by atoms with E-state index >= 15 is 0 Å². The van der Waals surface area contributed by atoms with Crippen LogP contribution in [-0.2, 0) is 4.74 Å². The van der Waals surface area contributed by atoms with Crippen LogP contribution in [0.1, 0.15) is 38.5 Å². The normalized spacial score (nSPS) is 26.4. The third-order valence-corrected chi connectivity index (χ3v) is 6.72. The van der Waals surface area contributed by atoms with Crippen LogP contribution in [0.5, 0.6) is 5.88 Å². The van der Waals surface area contributed by atoms with Gasteiger partial charge in [-0.1, -0.05) is 0 Å². The predicted octanol–water partition coefficient (Wildman–Crippen LogP) is 2.61. The minimum Gasteiger partial charge on any atom is -0.474 e. The Balaban J connectivity index is 1.26. The van der Waals surface area contributed by atoms with Crippen molar-refractivity contribution in [3.63, 3.8) is 0 Å². The SMILES string of the molecule is OC1(CN2CCN(c3ccc4ncnc(OC5CCCC5)c4c3)CC2)CCCOC1. The van der Waals surface area contributed by atoms with E-state index in [2.05, 4.69) is 38.0 Å². The first-order valence-electron chi connectivity index (χ1n) is 11.4. The van der Waals surface area contributed by atoms with E-state index in [4.69, 9.17) is 9.47 Å². The van der Waals surface area contributed by atoms with Crippen molar-refractivity contribution in [1.29, 1.82) is 0 Å². The highest BCUT2D eigenvalue weighted by Crippen LogP contribution is 2.31. The summed E-state index contributed by atoms with van der Waals surface area (Å²) in [5.41, 5.74) is 1.43. The molecule has 1 aromatic heterocycles. The summed E-state index contributed by atoms with van der Waals surface area (Å²) < 4.78 is 11.7. The smallest absolute Gasteiger partial charge is 0.224 e. The summed E-state index contributed by atoms with van der Waals surface area (Å²) in [5, 5.41) is 11.8. The molecule has 0 radical (unpaired) electrons. The fourth-order valence-corrected chi connectivity index (χ4v) is 5.02. The molecule has 2 aromatic rings. The topological polar surface area (TPSA) is 71.0 Å². The summed E-state index contributed by atoms with van der Waals surface area (Å²) in [5.74, 6) is 0.715. The summed E-state index contributed by atoms with van der Waals surface area (Å²) in [6.07, 6.45) is 8.38. The van der Waals surface area contributed by atoms with E-state index < -0.39 is 5.60 Å². The van der Waals surface area contributed by atoms with Gasteiger partial charge in [0.25, 0.3) is 0 Å². The fraction of sp³-hybridized carbons (Fsp3) is 0.652. The molecule has 7 heteroatoms. The summed E-state index contributed by atoms with van der Waals surface area (Å²) in [4.78, 5) is 13.6. The van der Waals surface area contributed by atoms with Gasteiger partial charge in [0.15, 0.2) is 0 Å². The number of hydrogen-bond donors (Lipinski definition) is 1. The van der Waals surface area contributed by atoms with Crippen LogP contribution in [-0.4, -0.2) is 77.6 Å². The lowest BCUT2D eigenvalue weighted by atomic mass is 9.96. The monoisotopic (exact) mass is 412 g/mol. The molecule has 2 saturated heterocycles. The molecule has 162 valence electrons. The van der Waals surface area contributed by atoms with Gasteiger partial charge in [0.2, 0.25) is 5.88 Å². The Bertz CT molecular complexity index is 857. The van der Waals surface area contributed by atoms with Crippen LogP contribution in [0.2, 0.25) is 0 Å². The van der Waals surface area contributed by atoms with Crippen molar-refractivity contribution in [3.8, 4) is 5.88 Å². The van der Waals surface area contributed by atoms with Gasteiger partial charge in [-0.05, 0) is 56.7 Å². The summed E-state index contributed by atoms with van der Waals surface area (Å²) >= 11 is 0. The number of piperazine rings is 1. The van der Waals surface area contributed by atoms with Gasteiger partial charge in [0.1, 0.15) is 18.0 Å². The molecule has 0 bridgehead atoms. The minimum atomic E-state index is -0.687. The maximum atomic E-state index is 10.8. The van der Waals surface area contributed by atoms with Crippen molar-refractivity contribution in [2.24, 2.45) is 0 Å². The standard InChI is InChI=1S/C23H32N4O3/c28-23(8-3-13-29-16-23)15-26-9-11-27(12-10-26)18-6-7-21-20(14-18)22(25-17-24-21)30-19-4-1-2-5-19/h6-7,14,17,19,28H,1-5,8-13,15-16H2. The molecule has 2 aliphatic heterocycles. The van der Waals surface area contributed by atoms with Crippen LogP contribution in [0.3, 0.4) is 0 Å². The molecule has 0 spiro atoms. The van der Waals surface area contributed by atoms with Crippen molar-refractivity contribution in [1.82, 2.24) is 14.9 Å². The summed E-state index contributed by atoms with van der Waals surface area (Å²) in [7, 11) is 0. The van der Waals surface area contributed by atoms with E-state index in [0.717, 1.165) is 69.4 Å². The van der Waals surface area contributed by atoms with E-state index in [0.29, 0.717) is 19.0 Å². The van der Waals surface area contributed by atoms with Crippen LogP contribution in [0.4, 0.5) is 5.69 Å². The first kappa shape index (κ1) is 20.0. The molecule has 1 aliphatic carbocycles. The van der Waals surface area contributed by atoms with Gasteiger partial charge in [-0.3, -0.25) is 4.90 Å². The Morgan fingerprint density at radius 3 is 2.70 bits per heavy atom. The van der Waals surface area contributed by atoms with Gasteiger partial charge in [0, 0.05) is 45.0 Å². The average Bonchev–Trinajstić information content (AvgIpc) is 3.28. The van der Waals surface area contributed by atoms with Gasteiger partial charge in [0.05, 0.1) is 17.5 Å². The Hall–Kier alpha value is -1.96. The predicted molar refractivity (Wildman–Crippen MR) is 116 cm³/mol. The molecular formula is C23H32N4O3. The number of fused-ring (bicyclic) bond motifs is 1. The number of anilines is 1.